The van der Waals surface area contributed by atoms with E-state index in [1.807, 2.05) is 12.2 Å². The summed E-state index contributed by atoms with van der Waals surface area (Å²) < 4.78 is 0. The third-order valence-corrected chi connectivity index (χ3v) is 2.81. The molecule has 1 heteroatoms. The second-order valence-corrected chi connectivity index (χ2v) is 4.72. The Kier molecular flexibility index (Phi) is 2.03. The molecule has 0 saturated heterocycles. The van der Waals surface area contributed by atoms with Crippen LogP contribution in [0.15, 0.2) is 23.8 Å². The average molecular weight is 158 g/mol. The van der Waals surface area contributed by atoms with E-state index in [0.29, 0.717) is 0 Å². The van der Waals surface area contributed by atoms with Gasteiger partial charge < -0.3 is 0 Å². The molecule has 0 aromatic rings. The smallest absolute Gasteiger partial charge is 0.0364 e. The minimum Gasteiger partial charge on any atom is -0.120 e. The fourth-order valence-corrected chi connectivity index (χ4v) is 1.66. The van der Waals surface area contributed by atoms with Gasteiger partial charge in [0.25, 0.3) is 0 Å². The lowest BCUT2D eigenvalue weighted by Crippen LogP contribution is -2.09. The zero-order valence-electron chi connectivity index (χ0n) is 6.59. The zero-order valence-corrected chi connectivity index (χ0v) is 8.59. The molecule has 1 aliphatic carbocycles. The van der Waals surface area contributed by atoms with Crippen molar-refractivity contribution >= 4 is 10.2 Å². The first-order valence-corrected chi connectivity index (χ1v) is 4.53. The van der Waals surface area contributed by atoms with Crippen LogP contribution in [-0.4, -0.2) is 10.2 Å². The monoisotopic (exact) mass is 158 g/mol. The van der Waals surface area contributed by atoms with Crippen molar-refractivity contribution in [2.45, 2.75) is 11.5 Å². The van der Waals surface area contributed by atoms with Crippen LogP contribution in [0.1, 0.15) is 6.42 Å². The van der Waals surface area contributed by atoms with Crippen molar-refractivity contribution in [3.63, 3.8) is 0 Å². The maximum Gasteiger partial charge on any atom is 0.0364 e. The molecule has 1 aliphatic rings. The number of allylic oxidation sites excluding steroid dienone is 4. The summed E-state index contributed by atoms with van der Waals surface area (Å²) in [5, 5.41) is -0.0313. The lowest BCUT2D eigenvalue weighted by Gasteiger charge is -2.21. The summed E-state index contributed by atoms with van der Waals surface area (Å²) in [5.41, 5.74) is 1.01. The molecule has 0 nitrogen and oxygen atoms in total. The summed E-state index contributed by atoms with van der Waals surface area (Å²) in [4.78, 5) is 0. The van der Waals surface area contributed by atoms with Gasteiger partial charge in [0.1, 0.15) is 0 Å². The fourth-order valence-electron chi connectivity index (χ4n) is 1.09. The Morgan fingerprint density at radius 2 is 2.27 bits per heavy atom. The van der Waals surface area contributed by atoms with Crippen LogP contribution in [0.25, 0.3) is 0 Å². The summed E-state index contributed by atoms with van der Waals surface area (Å²) in [6, 6.07) is 0. The summed E-state index contributed by atoms with van der Waals surface area (Å²) in [7, 11) is 0.964. The van der Waals surface area contributed by atoms with Crippen LogP contribution in [-0.2, 0) is 0 Å². The van der Waals surface area contributed by atoms with E-state index >= 15 is 0 Å². The van der Waals surface area contributed by atoms with Crippen molar-refractivity contribution in [1.29, 1.82) is 0 Å². The second kappa shape index (κ2) is 2.82. The molecule has 0 heterocycles. The van der Waals surface area contributed by atoms with Crippen molar-refractivity contribution in [3.8, 4) is 24.7 Å². The van der Waals surface area contributed by atoms with Crippen LogP contribution in [0.5, 0.6) is 0 Å². The SMILES string of the molecule is C#CC1=CC=CC([SiH3])(C#C)C1. The van der Waals surface area contributed by atoms with Crippen LogP contribution in [0.2, 0.25) is 5.04 Å². The standard InChI is InChI=1S/C10H10Si/c1-3-9-6-5-7-10(11,4-2)8-9/h1-2,5-7H,8H2,11H3. The first kappa shape index (κ1) is 7.92. The molecule has 1 rings (SSSR count). The normalized spacial score (nSPS) is 28.7. The van der Waals surface area contributed by atoms with Gasteiger partial charge in [0, 0.05) is 20.9 Å². The van der Waals surface area contributed by atoms with Gasteiger partial charge in [-0.15, -0.1) is 12.8 Å². The van der Waals surface area contributed by atoms with Gasteiger partial charge in [-0.25, -0.2) is 0 Å². The summed E-state index contributed by atoms with van der Waals surface area (Å²) >= 11 is 0. The Morgan fingerprint density at radius 1 is 1.55 bits per heavy atom. The fraction of sp³-hybridized carbons (Fsp3) is 0.200. The molecular weight excluding hydrogens is 148 g/mol. The van der Waals surface area contributed by atoms with Gasteiger partial charge in [0.15, 0.2) is 0 Å². The molecule has 0 spiro atoms. The van der Waals surface area contributed by atoms with Gasteiger partial charge in [-0.05, 0) is 6.42 Å². The Labute approximate surface area is 70.8 Å². The van der Waals surface area contributed by atoms with Crippen LogP contribution in [0.3, 0.4) is 0 Å². The van der Waals surface area contributed by atoms with E-state index in [1.54, 1.807) is 0 Å². The third-order valence-electron chi connectivity index (χ3n) is 1.83. The van der Waals surface area contributed by atoms with Crippen molar-refractivity contribution in [2.24, 2.45) is 0 Å². The molecule has 0 saturated carbocycles. The predicted octanol–water partition coefficient (Wildman–Crippen LogP) is 0.663. The van der Waals surface area contributed by atoms with E-state index in [0.717, 1.165) is 22.2 Å². The highest BCUT2D eigenvalue weighted by atomic mass is 28.1. The van der Waals surface area contributed by atoms with Gasteiger partial charge >= 0.3 is 0 Å². The molecule has 0 N–H and O–H groups in total. The van der Waals surface area contributed by atoms with Crippen molar-refractivity contribution in [3.05, 3.63) is 23.8 Å². The lowest BCUT2D eigenvalue weighted by molar-refractivity contribution is 0.856. The van der Waals surface area contributed by atoms with Gasteiger partial charge in [-0.2, -0.15) is 0 Å². The van der Waals surface area contributed by atoms with Gasteiger partial charge in [-0.3, -0.25) is 0 Å². The summed E-state index contributed by atoms with van der Waals surface area (Å²) in [6.07, 6.45) is 17.5. The van der Waals surface area contributed by atoms with E-state index < -0.39 is 0 Å². The highest BCUT2D eigenvalue weighted by Gasteiger charge is 2.20. The Balaban J connectivity index is 2.89. The molecule has 54 valence electrons. The highest BCUT2D eigenvalue weighted by molar-refractivity contribution is 6.19. The topological polar surface area (TPSA) is 0 Å². The maximum absolute atomic E-state index is 5.39. The summed E-state index contributed by atoms with van der Waals surface area (Å²) in [5.74, 6) is 5.41. The van der Waals surface area contributed by atoms with Crippen LogP contribution >= 0.6 is 0 Å². The molecule has 0 bridgehead atoms. The van der Waals surface area contributed by atoms with Crippen LogP contribution in [0.4, 0.5) is 0 Å². The molecule has 0 radical (unpaired) electrons. The summed E-state index contributed by atoms with van der Waals surface area (Å²) in [6.45, 7) is 0. The Bertz CT molecular complexity index is 296. The van der Waals surface area contributed by atoms with E-state index in [2.05, 4.69) is 17.9 Å². The molecule has 11 heavy (non-hydrogen) atoms. The molecule has 0 aliphatic heterocycles. The molecular formula is C10H10Si. The molecule has 0 fully saturated rings. The first-order chi connectivity index (χ1) is 5.20. The maximum atomic E-state index is 5.39. The van der Waals surface area contributed by atoms with Crippen LogP contribution < -0.4 is 0 Å². The van der Waals surface area contributed by atoms with E-state index in [-0.39, 0.29) is 5.04 Å². The molecule has 0 aromatic carbocycles. The molecule has 0 aromatic heterocycles. The van der Waals surface area contributed by atoms with Crippen molar-refractivity contribution < 1.29 is 0 Å². The Hall–Kier alpha value is -1.18. The average Bonchev–Trinajstić information content (AvgIpc) is 2.05. The number of terminal acetylenes is 2. The third kappa shape index (κ3) is 1.64. The minimum absolute atomic E-state index is 0.0313. The minimum atomic E-state index is -0.0313. The molecule has 1 atom stereocenters. The largest absolute Gasteiger partial charge is 0.120 e. The Morgan fingerprint density at radius 3 is 2.82 bits per heavy atom. The van der Waals surface area contributed by atoms with E-state index in [1.165, 1.54) is 0 Å². The van der Waals surface area contributed by atoms with Gasteiger partial charge in [-0.1, -0.05) is 30.1 Å². The highest BCUT2D eigenvalue weighted by Crippen LogP contribution is 2.33. The molecule has 1 unspecified atom stereocenters. The van der Waals surface area contributed by atoms with Gasteiger partial charge in [0.05, 0.1) is 0 Å². The van der Waals surface area contributed by atoms with Crippen LogP contribution in [0, 0.1) is 24.7 Å². The van der Waals surface area contributed by atoms with E-state index in [4.69, 9.17) is 12.8 Å². The van der Waals surface area contributed by atoms with Crippen molar-refractivity contribution in [1.82, 2.24) is 0 Å². The predicted molar refractivity (Wildman–Crippen MR) is 52.1 cm³/mol. The van der Waals surface area contributed by atoms with Gasteiger partial charge in [0.2, 0.25) is 0 Å². The van der Waals surface area contributed by atoms with Crippen molar-refractivity contribution in [2.75, 3.05) is 0 Å². The quantitative estimate of drug-likeness (QED) is 0.359. The number of hydrogen-bond acceptors (Lipinski definition) is 0. The first-order valence-electron chi connectivity index (χ1n) is 3.53. The van der Waals surface area contributed by atoms with E-state index in [9.17, 15) is 0 Å². The second-order valence-electron chi connectivity index (χ2n) is 2.93. The number of hydrogen-bond donors (Lipinski definition) is 0. The lowest BCUT2D eigenvalue weighted by atomic mass is 9.94. The zero-order chi connectivity index (χ0) is 8.32. The number of rotatable bonds is 0. The molecule has 0 amide bonds.